The van der Waals surface area contributed by atoms with E-state index in [2.05, 4.69) is 20.6 Å². The molecule has 7 nitrogen and oxygen atoms in total. The van der Waals surface area contributed by atoms with Gasteiger partial charge in [-0.1, -0.05) is 19.0 Å². The number of nitrogens with one attached hydrogen (secondary N) is 1. The van der Waals surface area contributed by atoms with E-state index in [-0.39, 0.29) is 18.4 Å². The van der Waals surface area contributed by atoms with Gasteiger partial charge in [0.05, 0.1) is 35.1 Å². The van der Waals surface area contributed by atoms with Crippen molar-refractivity contribution >= 4 is 22.7 Å². The fourth-order valence-electron chi connectivity index (χ4n) is 2.23. The first-order valence-electron chi connectivity index (χ1n) is 7.23. The van der Waals surface area contributed by atoms with Crippen LogP contribution in [-0.2, 0) is 6.54 Å². The minimum atomic E-state index is -0.513. The second-order valence-electron chi connectivity index (χ2n) is 5.43. The number of aryl methyl sites for hydroxylation is 1. The zero-order valence-corrected chi connectivity index (χ0v) is 12.8. The van der Waals surface area contributed by atoms with E-state index in [1.54, 1.807) is 12.3 Å². The normalized spacial score (nSPS) is 11.3. The van der Waals surface area contributed by atoms with Gasteiger partial charge in [0.25, 0.3) is 11.6 Å². The third-order valence-electron chi connectivity index (χ3n) is 3.37. The molecule has 0 spiro atoms. The second-order valence-corrected chi connectivity index (χ2v) is 5.43. The molecule has 0 unspecified atom stereocenters. The van der Waals surface area contributed by atoms with Crippen LogP contribution < -0.4 is 5.32 Å². The number of nitrogens with zero attached hydrogens (tertiary/aromatic N) is 4. The molecular weight excluding hydrogens is 301 g/mol. The van der Waals surface area contributed by atoms with Gasteiger partial charge in [0, 0.05) is 12.4 Å². The summed E-state index contributed by atoms with van der Waals surface area (Å²) in [4.78, 5) is 16.4. The lowest BCUT2D eigenvalue weighted by Gasteiger charge is -2.03. The predicted molar refractivity (Wildman–Crippen MR) is 82.0 cm³/mol. The number of rotatable bonds is 5. The summed E-state index contributed by atoms with van der Waals surface area (Å²) >= 11 is 0. The zero-order chi connectivity index (χ0) is 16.4. The summed E-state index contributed by atoms with van der Waals surface area (Å²) in [5, 5.41) is 11.4. The smallest absolute Gasteiger partial charge is 0.257 e. The Bertz CT molecular complexity index is 839. The molecule has 0 fully saturated rings. The molecular formula is C15H16FN5O2. The number of alkyl halides is 1. The molecule has 3 heterocycles. The molecule has 0 bridgehead atoms. The molecule has 3 aromatic heterocycles. The van der Waals surface area contributed by atoms with E-state index in [0.29, 0.717) is 17.0 Å². The number of hydrogen-bond donors (Lipinski definition) is 1. The number of halogens is 1. The van der Waals surface area contributed by atoms with Crippen molar-refractivity contribution in [3.8, 4) is 0 Å². The quantitative estimate of drug-likeness (QED) is 0.782. The molecule has 0 aliphatic carbocycles. The van der Waals surface area contributed by atoms with E-state index in [9.17, 15) is 9.18 Å². The Morgan fingerprint density at radius 3 is 3.00 bits per heavy atom. The van der Waals surface area contributed by atoms with E-state index in [0.717, 1.165) is 11.1 Å². The standard InChI is InChI=1S/C15H16FN5O2/c1-9(2)13-12-5-10(6-17-15(12)23-20-13)14(22)19-11-7-18-21(8-11)4-3-16/h5-9H,3-4H2,1-2H3,(H,19,22). The molecule has 1 N–H and O–H groups in total. The van der Waals surface area contributed by atoms with Gasteiger partial charge in [-0.15, -0.1) is 0 Å². The highest BCUT2D eigenvalue weighted by Gasteiger charge is 2.16. The fraction of sp³-hybridized carbons (Fsp3) is 0.333. The van der Waals surface area contributed by atoms with Gasteiger partial charge in [-0.2, -0.15) is 5.10 Å². The fourth-order valence-corrected chi connectivity index (χ4v) is 2.23. The van der Waals surface area contributed by atoms with Crippen LogP contribution in [0.2, 0.25) is 0 Å². The van der Waals surface area contributed by atoms with Crippen molar-refractivity contribution in [2.24, 2.45) is 0 Å². The van der Waals surface area contributed by atoms with Crippen molar-refractivity contribution in [1.29, 1.82) is 0 Å². The molecule has 0 aliphatic heterocycles. The third-order valence-corrected chi connectivity index (χ3v) is 3.37. The van der Waals surface area contributed by atoms with Gasteiger partial charge in [-0.05, 0) is 12.0 Å². The summed E-state index contributed by atoms with van der Waals surface area (Å²) < 4.78 is 18.8. The number of anilines is 1. The molecule has 0 aliphatic rings. The first kappa shape index (κ1) is 15.1. The third kappa shape index (κ3) is 3.05. The Kier molecular flexibility index (Phi) is 4.05. The van der Waals surface area contributed by atoms with Gasteiger partial charge in [0.2, 0.25) is 0 Å². The first-order chi connectivity index (χ1) is 11.1. The van der Waals surface area contributed by atoms with Crippen molar-refractivity contribution in [3.63, 3.8) is 0 Å². The largest absolute Gasteiger partial charge is 0.336 e. The van der Waals surface area contributed by atoms with Crippen molar-refractivity contribution in [1.82, 2.24) is 19.9 Å². The molecule has 0 saturated carbocycles. The van der Waals surface area contributed by atoms with Crippen molar-refractivity contribution in [2.75, 3.05) is 12.0 Å². The van der Waals surface area contributed by atoms with E-state index >= 15 is 0 Å². The van der Waals surface area contributed by atoms with Crippen LogP contribution in [0.3, 0.4) is 0 Å². The first-order valence-corrected chi connectivity index (χ1v) is 7.23. The van der Waals surface area contributed by atoms with Crippen molar-refractivity contribution in [3.05, 3.63) is 35.9 Å². The topological polar surface area (TPSA) is 85.8 Å². The van der Waals surface area contributed by atoms with Gasteiger partial charge in [-0.3, -0.25) is 9.48 Å². The predicted octanol–water partition coefficient (Wildman–Crippen LogP) is 2.76. The van der Waals surface area contributed by atoms with Gasteiger partial charge in [0.1, 0.15) is 6.67 Å². The lowest BCUT2D eigenvalue weighted by molar-refractivity contribution is 0.102. The highest BCUT2D eigenvalue weighted by Crippen LogP contribution is 2.24. The number of aromatic nitrogens is 4. The van der Waals surface area contributed by atoms with E-state index in [1.807, 2.05) is 13.8 Å². The number of amides is 1. The van der Waals surface area contributed by atoms with Gasteiger partial charge >= 0.3 is 0 Å². The van der Waals surface area contributed by atoms with Crippen LogP contribution in [0.15, 0.2) is 29.2 Å². The van der Waals surface area contributed by atoms with E-state index in [4.69, 9.17) is 4.52 Å². The minimum Gasteiger partial charge on any atom is -0.336 e. The molecule has 1 amide bonds. The van der Waals surface area contributed by atoms with Gasteiger partial charge < -0.3 is 9.84 Å². The Morgan fingerprint density at radius 2 is 2.26 bits per heavy atom. The summed E-state index contributed by atoms with van der Waals surface area (Å²) in [5.74, 6) is -0.162. The summed E-state index contributed by atoms with van der Waals surface area (Å²) in [6.07, 6.45) is 4.47. The van der Waals surface area contributed by atoms with E-state index in [1.165, 1.54) is 17.1 Å². The highest BCUT2D eigenvalue weighted by atomic mass is 19.1. The zero-order valence-electron chi connectivity index (χ0n) is 12.8. The summed E-state index contributed by atoms with van der Waals surface area (Å²) in [5.41, 5.74) is 2.05. The number of carbonyl (C=O) groups excluding carboxylic acids is 1. The Labute approximate surface area is 131 Å². The van der Waals surface area contributed by atoms with Crippen molar-refractivity contribution < 1.29 is 13.7 Å². The van der Waals surface area contributed by atoms with Crippen LogP contribution in [0.25, 0.3) is 11.1 Å². The maximum Gasteiger partial charge on any atom is 0.257 e. The summed E-state index contributed by atoms with van der Waals surface area (Å²) in [6, 6.07) is 1.70. The molecule has 120 valence electrons. The minimum absolute atomic E-state index is 0.155. The molecule has 0 atom stereocenters. The lowest BCUT2D eigenvalue weighted by Crippen LogP contribution is -2.11. The molecule has 8 heteroatoms. The van der Waals surface area contributed by atoms with Crippen molar-refractivity contribution in [2.45, 2.75) is 26.3 Å². The average Bonchev–Trinajstić information content (AvgIpc) is 3.13. The maximum absolute atomic E-state index is 12.3. The lowest BCUT2D eigenvalue weighted by atomic mass is 10.1. The molecule has 3 aromatic rings. The maximum atomic E-state index is 12.3. The van der Waals surface area contributed by atoms with Crippen LogP contribution >= 0.6 is 0 Å². The summed E-state index contributed by atoms with van der Waals surface area (Å²) in [7, 11) is 0. The van der Waals surface area contributed by atoms with E-state index < -0.39 is 6.67 Å². The molecule has 0 aromatic carbocycles. The number of carbonyl (C=O) groups is 1. The van der Waals surface area contributed by atoms with Crippen LogP contribution in [0, 0.1) is 0 Å². The number of fused-ring (bicyclic) bond motifs is 1. The Balaban J connectivity index is 1.83. The number of hydrogen-bond acceptors (Lipinski definition) is 5. The average molecular weight is 317 g/mol. The molecule has 3 rings (SSSR count). The Hall–Kier alpha value is -2.77. The Morgan fingerprint density at radius 1 is 1.43 bits per heavy atom. The number of pyridine rings is 1. The molecule has 23 heavy (non-hydrogen) atoms. The second kappa shape index (κ2) is 6.15. The van der Waals surface area contributed by atoms with Gasteiger partial charge in [-0.25, -0.2) is 9.37 Å². The summed E-state index contributed by atoms with van der Waals surface area (Å²) in [6.45, 7) is 3.62. The monoisotopic (exact) mass is 317 g/mol. The molecule has 0 radical (unpaired) electrons. The van der Waals surface area contributed by atoms with Crippen LogP contribution in [0.4, 0.5) is 10.1 Å². The SMILES string of the molecule is CC(C)c1noc2ncc(C(=O)Nc3cnn(CCF)c3)cc12. The van der Waals surface area contributed by atoms with Crippen LogP contribution in [0.1, 0.15) is 35.8 Å². The van der Waals surface area contributed by atoms with Gasteiger partial charge in [0.15, 0.2) is 0 Å². The van der Waals surface area contributed by atoms with Crippen LogP contribution in [-0.4, -0.2) is 32.5 Å². The molecule has 0 saturated heterocycles. The van der Waals surface area contributed by atoms with Crippen LogP contribution in [0.5, 0.6) is 0 Å². The highest BCUT2D eigenvalue weighted by molar-refractivity contribution is 6.05.